The van der Waals surface area contributed by atoms with Gasteiger partial charge in [-0.2, -0.15) is 0 Å². The third-order valence-electron chi connectivity index (χ3n) is 1.73. The Balaban J connectivity index is 2.67. The van der Waals surface area contributed by atoms with Crippen LogP contribution in [0.4, 0.5) is 8.78 Å². The number of thiophene rings is 1. The van der Waals surface area contributed by atoms with E-state index >= 15 is 0 Å². The first kappa shape index (κ1) is 12.6. The fourth-order valence-corrected chi connectivity index (χ4v) is 2.22. The summed E-state index contributed by atoms with van der Waals surface area (Å²) in [7, 11) is 0. The second-order valence-electron chi connectivity index (χ2n) is 2.81. The highest BCUT2D eigenvalue weighted by Gasteiger charge is 2.19. The minimum absolute atomic E-state index is 0.293. The van der Waals surface area contributed by atoms with E-state index in [1.54, 1.807) is 17.5 Å². The third kappa shape index (κ3) is 3.87. The van der Waals surface area contributed by atoms with Gasteiger partial charge in [-0.25, -0.2) is 8.78 Å². The van der Waals surface area contributed by atoms with Crippen molar-refractivity contribution in [2.45, 2.75) is 6.43 Å². The summed E-state index contributed by atoms with van der Waals surface area (Å²) < 4.78 is 24.4. The van der Waals surface area contributed by atoms with E-state index in [2.05, 4.69) is 15.9 Å². The molecule has 0 aliphatic heterocycles. The predicted molar refractivity (Wildman–Crippen MR) is 60.0 cm³/mol. The molecule has 0 saturated heterocycles. The van der Waals surface area contributed by atoms with Crippen molar-refractivity contribution in [3.63, 3.8) is 0 Å². The van der Waals surface area contributed by atoms with Crippen LogP contribution in [-0.4, -0.2) is 35.7 Å². The van der Waals surface area contributed by atoms with Crippen LogP contribution in [0.25, 0.3) is 0 Å². The molecule has 0 aliphatic rings. The van der Waals surface area contributed by atoms with Crippen LogP contribution in [0.1, 0.15) is 9.67 Å². The summed E-state index contributed by atoms with van der Waals surface area (Å²) in [5.41, 5.74) is 0. The molecule has 0 aliphatic carbocycles. The number of carbonyl (C=O) groups is 1. The van der Waals surface area contributed by atoms with Crippen LogP contribution in [0, 0.1) is 0 Å². The second-order valence-corrected chi connectivity index (χ2v) is 4.55. The maximum absolute atomic E-state index is 12.2. The molecule has 1 heterocycles. The lowest BCUT2D eigenvalue weighted by atomic mass is 10.4. The summed E-state index contributed by atoms with van der Waals surface area (Å²) in [6, 6.07) is 3.37. The zero-order chi connectivity index (χ0) is 11.3. The molecule has 15 heavy (non-hydrogen) atoms. The van der Waals surface area contributed by atoms with Crippen molar-refractivity contribution in [3.05, 3.63) is 22.4 Å². The average Bonchev–Trinajstić information content (AvgIpc) is 2.68. The molecule has 6 heteroatoms. The van der Waals surface area contributed by atoms with Crippen LogP contribution in [0.15, 0.2) is 17.5 Å². The molecular weight excluding hydrogens is 288 g/mol. The lowest BCUT2D eigenvalue weighted by Crippen LogP contribution is -2.36. The molecule has 1 aromatic rings. The lowest BCUT2D eigenvalue weighted by Gasteiger charge is -2.20. The third-order valence-corrected chi connectivity index (χ3v) is 2.94. The maximum atomic E-state index is 12.2. The van der Waals surface area contributed by atoms with E-state index in [9.17, 15) is 13.6 Å². The Labute approximate surface area is 99.0 Å². The molecule has 0 fully saturated rings. The molecule has 0 bridgehead atoms. The average molecular weight is 298 g/mol. The van der Waals surface area contributed by atoms with E-state index < -0.39 is 13.0 Å². The van der Waals surface area contributed by atoms with Crippen molar-refractivity contribution in [2.75, 3.05) is 18.4 Å². The molecule has 0 saturated carbocycles. The molecule has 0 unspecified atom stereocenters. The molecular formula is C9H10BrF2NOS. The summed E-state index contributed by atoms with van der Waals surface area (Å²) >= 11 is 4.40. The molecule has 1 amide bonds. The predicted octanol–water partition coefficient (Wildman–Crippen LogP) is 2.85. The van der Waals surface area contributed by atoms with Gasteiger partial charge in [0, 0.05) is 11.9 Å². The summed E-state index contributed by atoms with van der Waals surface area (Å²) in [4.78, 5) is 13.4. The van der Waals surface area contributed by atoms with Crippen LogP contribution in [0.2, 0.25) is 0 Å². The number of hydrogen-bond acceptors (Lipinski definition) is 2. The number of hydrogen-bond donors (Lipinski definition) is 0. The quantitative estimate of drug-likeness (QED) is 0.766. The largest absolute Gasteiger partial charge is 0.331 e. The van der Waals surface area contributed by atoms with E-state index in [1.807, 2.05) is 0 Å². The Kier molecular flexibility index (Phi) is 5.17. The van der Waals surface area contributed by atoms with Gasteiger partial charge in [-0.05, 0) is 11.4 Å². The Morgan fingerprint density at radius 2 is 2.33 bits per heavy atom. The fourth-order valence-electron chi connectivity index (χ4n) is 1.10. The minimum atomic E-state index is -2.49. The molecule has 84 valence electrons. The van der Waals surface area contributed by atoms with Crippen LogP contribution < -0.4 is 0 Å². The smallest absolute Gasteiger partial charge is 0.264 e. The van der Waals surface area contributed by atoms with Gasteiger partial charge in [0.15, 0.2) is 0 Å². The molecule has 1 aromatic heterocycles. The monoisotopic (exact) mass is 297 g/mol. The summed E-state index contributed by atoms with van der Waals surface area (Å²) in [5, 5.41) is 2.25. The molecule has 0 radical (unpaired) electrons. The van der Waals surface area contributed by atoms with E-state index in [1.165, 1.54) is 11.3 Å². The number of halogens is 3. The highest BCUT2D eigenvalue weighted by Crippen LogP contribution is 2.13. The molecule has 0 aromatic carbocycles. The number of nitrogens with zero attached hydrogens (tertiary/aromatic N) is 1. The number of alkyl halides is 3. The normalized spacial score (nSPS) is 10.7. The molecule has 1 rings (SSSR count). The van der Waals surface area contributed by atoms with E-state index in [4.69, 9.17) is 0 Å². The molecule has 2 nitrogen and oxygen atoms in total. The first-order valence-corrected chi connectivity index (χ1v) is 6.32. The minimum Gasteiger partial charge on any atom is -0.331 e. The number of rotatable bonds is 5. The Bertz CT molecular complexity index is 305. The van der Waals surface area contributed by atoms with Gasteiger partial charge < -0.3 is 4.90 Å². The van der Waals surface area contributed by atoms with Gasteiger partial charge in [-0.15, -0.1) is 11.3 Å². The molecule has 0 atom stereocenters. The Morgan fingerprint density at radius 1 is 1.60 bits per heavy atom. The van der Waals surface area contributed by atoms with Crippen molar-refractivity contribution in [1.82, 2.24) is 4.90 Å². The van der Waals surface area contributed by atoms with Gasteiger partial charge >= 0.3 is 0 Å². The maximum Gasteiger partial charge on any atom is 0.264 e. The first-order chi connectivity index (χ1) is 7.15. The van der Waals surface area contributed by atoms with Gasteiger partial charge in [0.1, 0.15) is 0 Å². The van der Waals surface area contributed by atoms with E-state index in [0.717, 1.165) is 4.90 Å². The van der Waals surface area contributed by atoms with Crippen LogP contribution in [0.5, 0.6) is 0 Å². The highest BCUT2D eigenvalue weighted by molar-refractivity contribution is 9.09. The summed E-state index contributed by atoms with van der Waals surface area (Å²) in [5.74, 6) is -0.329. The Hall–Kier alpha value is -0.490. The van der Waals surface area contributed by atoms with Crippen LogP contribution in [0.3, 0.4) is 0 Å². The number of amides is 1. The highest BCUT2D eigenvalue weighted by atomic mass is 79.9. The van der Waals surface area contributed by atoms with E-state index in [0.29, 0.717) is 16.8 Å². The van der Waals surface area contributed by atoms with Crippen molar-refractivity contribution >= 4 is 33.2 Å². The van der Waals surface area contributed by atoms with Gasteiger partial charge in [-0.3, -0.25) is 4.79 Å². The van der Waals surface area contributed by atoms with Gasteiger partial charge in [0.25, 0.3) is 12.3 Å². The summed E-state index contributed by atoms with van der Waals surface area (Å²) in [6.07, 6.45) is -2.49. The van der Waals surface area contributed by atoms with Crippen molar-refractivity contribution in [3.8, 4) is 0 Å². The summed E-state index contributed by atoms with van der Waals surface area (Å²) in [6.45, 7) is -0.219. The van der Waals surface area contributed by atoms with Gasteiger partial charge in [-0.1, -0.05) is 22.0 Å². The molecule has 0 N–H and O–H groups in total. The second kappa shape index (κ2) is 6.17. The first-order valence-electron chi connectivity index (χ1n) is 4.32. The van der Waals surface area contributed by atoms with Crippen molar-refractivity contribution in [1.29, 1.82) is 0 Å². The lowest BCUT2D eigenvalue weighted by molar-refractivity contribution is 0.0576. The van der Waals surface area contributed by atoms with Gasteiger partial charge in [0.2, 0.25) is 0 Å². The zero-order valence-corrected chi connectivity index (χ0v) is 10.2. The van der Waals surface area contributed by atoms with Gasteiger partial charge in [0.05, 0.1) is 11.4 Å². The molecule has 0 spiro atoms. The van der Waals surface area contributed by atoms with Crippen molar-refractivity contribution < 1.29 is 13.6 Å². The SMILES string of the molecule is O=C(c1cccs1)N(CCBr)CC(F)F. The standard InChI is InChI=1S/C9H10BrF2NOS/c10-3-4-13(6-8(11)12)9(14)7-2-1-5-15-7/h1-2,5,8H,3-4,6H2. The fraction of sp³-hybridized carbons (Fsp3) is 0.444. The van der Waals surface area contributed by atoms with Crippen LogP contribution >= 0.6 is 27.3 Å². The topological polar surface area (TPSA) is 20.3 Å². The Morgan fingerprint density at radius 3 is 2.80 bits per heavy atom. The van der Waals surface area contributed by atoms with Crippen molar-refractivity contribution in [2.24, 2.45) is 0 Å². The zero-order valence-electron chi connectivity index (χ0n) is 7.83. The van der Waals surface area contributed by atoms with E-state index in [-0.39, 0.29) is 5.91 Å². The number of carbonyl (C=O) groups excluding carboxylic acids is 1. The van der Waals surface area contributed by atoms with Crippen LogP contribution in [-0.2, 0) is 0 Å².